The number of benzene rings is 1. The van der Waals surface area contributed by atoms with Crippen LogP contribution in [0.1, 0.15) is 16.1 Å². The third kappa shape index (κ3) is 3.36. The van der Waals surface area contributed by atoms with E-state index in [2.05, 4.69) is 15.6 Å². The molecule has 3 aromatic rings. The normalized spacial score (nSPS) is 10.8. The SMILES string of the molecule is Cc1cnccc1NCCNC(=O)c1cc2ccc(Cl)cc2n1C. The average molecular weight is 343 g/mol. The minimum atomic E-state index is -0.0990. The number of nitrogens with zero attached hydrogens (tertiary/aromatic N) is 2. The van der Waals surface area contributed by atoms with Crippen molar-refractivity contribution in [3.05, 3.63) is 59.0 Å². The van der Waals surface area contributed by atoms with Gasteiger partial charge in [-0.05, 0) is 36.8 Å². The van der Waals surface area contributed by atoms with Crippen LogP contribution in [-0.4, -0.2) is 28.5 Å². The molecule has 1 aromatic carbocycles. The third-order valence-corrected chi connectivity index (χ3v) is 4.22. The van der Waals surface area contributed by atoms with Gasteiger partial charge in [0.25, 0.3) is 5.91 Å². The zero-order valence-electron chi connectivity index (χ0n) is 13.6. The molecule has 0 aliphatic rings. The summed E-state index contributed by atoms with van der Waals surface area (Å²) in [5.41, 5.74) is 3.67. The number of fused-ring (bicyclic) bond motifs is 1. The number of carbonyl (C=O) groups is 1. The molecule has 0 spiro atoms. The Bertz CT molecular complexity index is 888. The van der Waals surface area contributed by atoms with Gasteiger partial charge in [0.2, 0.25) is 0 Å². The lowest BCUT2D eigenvalue weighted by Crippen LogP contribution is -2.30. The number of rotatable bonds is 5. The topological polar surface area (TPSA) is 59.0 Å². The van der Waals surface area contributed by atoms with E-state index in [9.17, 15) is 4.79 Å². The molecule has 0 saturated heterocycles. The molecule has 0 unspecified atom stereocenters. The van der Waals surface area contributed by atoms with Gasteiger partial charge >= 0.3 is 0 Å². The highest BCUT2D eigenvalue weighted by Gasteiger charge is 2.13. The van der Waals surface area contributed by atoms with Gasteiger partial charge in [-0.15, -0.1) is 0 Å². The summed E-state index contributed by atoms with van der Waals surface area (Å²) in [6.45, 7) is 3.17. The highest BCUT2D eigenvalue weighted by Crippen LogP contribution is 2.22. The van der Waals surface area contributed by atoms with E-state index >= 15 is 0 Å². The molecular formula is C18H19ClN4O. The molecule has 0 saturated carbocycles. The number of aryl methyl sites for hydroxylation is 2. The van der Waals surface area contributed by atoms with Gasteiger partial charge in [0.05, 0.1) is 0 Å². The molecule has 2 heterocycles. The predicted molar refractivity (Wildman–Crippen MR) is 97.7 cm³/mol. The second-order valence-electron chi connectivity index (χ2n) is 5.67. The molecule has 2 aromatic heterocycles. The van der Waals surface area contributed by atoms with Crippen LogP contribution in [0.3, 0.4) is 0 Å². The molecule has 1 amide bonds. The molecule has 0 bridgehead atoms. The summed E-state index contributed by atoms with van der Waals surface area (Å²) in [5.74, 6) is -0.0990. The van der Waals surface area contributed by atoms with Crippen molar-refractivity contribution in [1.29, 1.82) is 0 Å². The molecule has 0 aliphatic carbocycles. The van der Waals surface area contributed by atoms with Crippen molar-refractivity contribution in [2.45, 2.75) is 6.92 Å². The van der Waals surface area contributed by atoms with E-state index < -0.39 is 0 Å². The predicted octanol–water partition coefficient (Wildman–Crippen LogP) is 3.38. The Morgan fingerprint density at radius 1 is 1.25 bits per heavy atom. The highest BCUT2D eigenvalue weighted by molar-refractivity contribution is 6.31. The summed E-state index contributed by atoms with van der Waals surface area (Å²) in [5, 5.41) is 7.88. The van der Waals surface area contributed by atoms with Crippen molar-refractivity contribution in [3.8, 4) is 0 Å². The number of carbonyl (C=O) groups excluding carboxylic acids is 1. The maximum atomic E-state index is 12.4. The Morgan fingerprint density at radius 2 is 2.08 bits per heavy atom. The minimum absolute atomic E-state index is 0.0990. The molecule has 24 heavy (non-hydrogen) atoms. The summed E-state index contributed by atoms with van der Waals surface area (Å²) < 4.78 is 1.86. The quantitative estimate of drug-likeness (QED) is 0.699. The van der Waals surface area contributed by atoms with Gasteiger partial charge in [-0.2, -0.15) is 0 Å². The van der Waals surface area contributed by atoms with Gasteiger partial charge in [-0.1, -0.05) is 17.7 Å². The summed E-state index contributed by atoms with van der Waals surface area (Å²) >= 11 is 6.03. The van der Waals surface area contributed by atoms with Crippen LogP contribution in [0, 0.1) is 6.92 Å². The van der Waals surface area contributed by atoms with E-state index in [-0.39, 0.29) is 5.91 Å². The molecule has 0 atom stereocenters. The smallest absolute Gasteiger partial charge is 0.267 e. The van der Waals surface area contributed by atoms with Crippen LogP contribution in [0.5, 0.6) is 0 Å². The van der Waals surface area contributed by atoms with E-state index in [4.69, 9.17) is 11.6 Å². The average Bonchev–Trinajstić information content (AvgIpc) is 2.89. The van der Waals surface area contributed by atoms with Crippen molar-refractivity contribution < 1.29 is 4.79 Å². The van der Waals surface area contributed by atoms with Crippen molar-refractivity contribution >= 4 is 34.1 Å². The zero-order valence-corrected chi connectivity index (χ0v) is 14.4. The van der Waals surface area contributed by atoms with Crippen LogP contribution in [0.25, 0.3) is 10.9 Å². The molecule has 124 valence electrons. The van der Waals surface area contributed by atoms with Gasteiger partial charge in [0.1, 0.15) is 5.69 Å². The van der Waals surface area contributed by atoms with Crippen LogP contribution < -0.4 is 10.6 Å². The maximum absolute atomic E-state index is 12.4. The fourth-order valence-electron chi connectivity index (χ4n) is 2.66. The highest BCUT2D eigenvalue weighted by atomic mass is 35.5. The summed E-state index contributed by atoms with van der Waals surface area (Å²) in [6.07, 6.45) is 3.55. The van der Waals surface area contributed by atoms with Gasteiger partial charge in [0.15, 0.2) is 0 Å². The van der Waals surface area contributed by atoms with E-state index in [0.717, 1.165) is 22.2 Å². The van der Waals surface area contributed by atoms with Crippen molar-refractivity contribution in [3.63, 3.8) is 0 Å². The number of nitrogens with one attached hydrogen (secondary N) is 2. The third-order valence-electron chi connectivity index (χ3n) is 3.99. The number of hydrogen-bond acceptors (Lipinski definition) is 3. The van der Waals surface area contributed by atoms with Crippen LogP contribution in [0.4, 0.5) is 5.69 Å². The lowest BCUT2D eigenvalue weighted by Gasteiger charge is -2.10. The fourth-order valence-corrected chi connectivity index (χ4v) is 2.82. The monoisotopic (exact) mass is 342 g/mol. The van der Waals surface area contributed by atoms with Crippen LogP contribution in [-0.2, 0) is 7.05 Å². The van der Waals surface area contributed by atoms with Crippen molar-refractivity contribution in [2.75, 3.05) is 18.4 Å². The number of pyridine rings is 1. The Labute approximate surface area is 145 Å². The van der Waals surface area contributed by atoms with Gasteiger partial charge in [-0.25, -0.2) is 0 Å². The number of aromatic nitrogens is 2. The Kier molecular flexibility index (Phi) is 4.71. The first kappa shape index (κ1) is 16.3. The summed E-state index contributed by atoms with van der Waals surface area (Å²) in [4.78, 5) is 16.5. The Morgan fingerprint density at radius 3 is 2.88 bits per heavy atom. The lowest BCUT2D eigenvalue weighted by atomic mass is 10.2. The number of amides is 1. The van der Waals surface area contributed by atoms with E-state index in [1.165, 1.54) is 0 Å². The van der Waals surface area contributed by atoms with E-state index in [0.29, 0.717) is 23.8 Å². The molecule has 0 aliphatic heterocycles. The minimum Gasteiger partial charge on any atom is -0.383 e. The van der Waals surface area contributed by atoms with Gasteiger partial charge in [-0.3, -0.25) is 9.78 Å². The molecule has 0 radical (unpaired) electrons. The first-order valence-corrected chi connectivity index (χ1v) is 8.12. The van der Waals surface area contributed by atoms with Gasteiger partial charge in [0, 0.05) is 54.1 Å². The summed E-state index contributed by atoms with van der Waals surface area (Å²) in [7, 11) is 1.87. The number of hydrogen-bond donors (Lipinski definition) is 2. The van der Waals surface area contributed by atoms with E-state index in [1.54, 1.807) is 6.20 Å². The standard InChI is InChI=1S/C18H19ClN4O/c1-12-11-20-6-5-15(12)21-7-8-22-18(24)17-9-13-3-4-14(19)10-16(13)23(17)2/h3-6,9-11H,7-8H2,1-2H3,(H,20,21)(H,22,24). The van der Waals surface area contributed by atoms with Crippen LogP contribution >= 0.6 is 11.6 Å². The molecule has 2 N–H and O–H groups in total. The van der Waals surface area contributed by atoms with Gasteiger partial charge < -0.3 is 15.2 Å². The van der Waals surface area contributed by atoms with Crippen molar-refractivity contribution in [1.82, 2.24) is 14.9 Å². The summed E-state index contributed by atoms with van der Waals surface area (Å²) in [6, 6.07) is 9.41. The second kappa shape index (κ2) is 6.93. The number of halogens is 1. The maximum Gasteiger partial charge on any atom is 0.267 e. The van der Waals surface area contributed by atoms with Crippen molar-refractivity contribution in [2.24, 2.45) is 7.05 Å². The zero-order chi connectivity index (χ0) is 17.1. The molecule has 5 nitrogen and oxygen atoms in total. The molecular weight excluding hydrogens is 324 g/mol. The second-order valence-corrected chi connectivity index (χ2v) is 6.10. The fraction of sp³-hybridized carbons (Fsp3) is 0.222. The van der Waals surface area contributed by atoms with Crippen LogP contribution in [0.15, 0.2) is 42.7 Å². The lowest BCUT2D eigenvalue weighted by molar-refractivity contribution is 0.0947. The Balaban J connectivity index is 1.61. The first-order chi connectivity index (χ1) is 11.6. The largest absolute Gasteiger partial charge is 0.383 e. The molecule has 3 rings (SSSR count). The molecule has 6 heteroatoms. The van der Waals surface area contributed by atoms with Crippen LogP contribution in [0.2, 0.25) is 5.02 Å². The first-order valence-electron chi connectivity index (χ1n) is 7.74. The Hall–Kier alpha value is -2.53. The van der Waals surface area contributed by atoms with E-state index in [1.807, 2.05) is 55.1 Å². The molecule has 0 fully saturated rings. The number of anilines is 1.